The maximum absolute atomic E-state index is 11.2. The van der Waals surface area contributed by atoms with E-state index in [1.807, 2.05) is 0 Å². The topological polar surface area (TPSA) is 98.7 Å². The summed E-state index contributed by atoms with van der Waals surface area (Å²) in [5.74, 6) is -1.25. The molecule has 6 nitrogen and oxygen atoms in total. The smallest absolute Gasteiger partial charge is 0.328 e. The van der Waals surface area contributed by atoms with Crippen LogP contribution >= 0.6 is 0 Å². The molecular weight excluding hydrogens is 212 g/mol. The van der Waals surface area contributed by atoms with Crippen molar-refractivity contribution in [2.75, 3.05) is 13.2 Å². The molecule has 1 unspecified atom stereocenters. The van der Waals surface area contributed by atoms with Gasteiger partial charge in [0.2, 0.25) is 0 Å². The van der Waals surface area contributed by atoms with Crippen LogP contribution in [-0.4, -0.2) is 41.4 Å². The number of aliphatic carboxylic acids is 1. The molecule has 0 aromatic rings. The molecule has 6 heteroatoms. The van der Waals surface area contributed by atoms with Crippen molar-refractivity contribution >= 4 is 12.0 Å². The van der Waals surface area contributed by atoms with Gasteiger partial charge in [0.15, 0.2) is 6.04 Å². The van der Waals surface area contributed by atoms with Crippen molar-refractivity contribution in [2.45, 2.75) is 38.6 Å². The minimum atomic E-state index is -1.25. The van der Waals surface area contributed by atoms with Crippen LogP contribution < -0.4 is 10.6 Å². The van der Waals surface area contributed by atoms with Crippen molar-refractivity contribution in [3.8, 4) is 0 Å². The highest BCUT2D eigenvalue weighted by Crippen LogP contribution is 1.96. The van der Waals surface area contributed by atoms with Gasteiger partial charge in [-0.2, -0.15) is 0 Å². The van der Waals surface area contributed by atoms with Crippen LogP contribution in [0.3, 0.4) is 0 Å². The monoisotopic (exact) mass is 232 g/mol. The van der Waals surface area contributed by atoms with Crippen LogP contribution in [0, 0.1) is 0 Å². The number of hydrogen-bond donors (Lipinski definition) is 4. The van der Waals surface area contributed by atoms with Crippen LogP contribution in [0.15, 0.2) is 0 Å². The number of carboxylic acids is 1. The first-order valence-corrected chi connectivity index (χ1v) is 5.49. The Bertz CT molecular complexity index is 221. The molecule has 0 heterocycles. The van der Waals surface area contributed by atoms with Crippen LogP contribution in [0.1, 0.15) is 32.6 Å². The average Bonchev–Trinajstić information content (AvgIpc) is 2.25. The molecule has 0 aliphatic rings. The summed E-state index contributed by atoms with van der Waals surface area (Å²) in [7, 11) is 0. The van der Waals surface area contributed by atoms with E-state index in [1.165, 1.54) is 0 Å². The number of unbranched alkanes of at least 4 members (excludes halogenated alkanes) is 3. The number of carbonyl (C=O) groups is 2. The molecule has 0 saturated carbocycles. The van der Waals surface area contributed by atoms with Gasteiger partial charge in [-0.3, -0.25) is 0 Å². The van der Waals surface area contributed by atoms with Gasteiger partial charge >= 0.3 is 12.0 Å². The highest BCUT2D eigenvalue weighted by molar-refractivity contribution is 5.82. The number of carbonyl (C=O) groups excluding carboxylic acids is 1. The van der Waals surface area contributed by atoms with E-state index in [0.717, 1.165) is 25.7 Å². The van der Waals surface area contributed by atoms with Crippen molar-refractivity contribution in [3.05, 3.63) is 0 Å². The van der Waals surface area contributed by atoms with Gasteiger partial charge in [-0.05, 0) is 6.42 Å². The van der Waals surface area contributed by atoms with E-state index in [9.17, 15) is 9.59 Å². The molecule has 2 amide bonds. The highest BCUT2D eigenvalue weighted by Gasteiger charge is 2.17. The first-order chi connectivity index (χ1) is 7.61. The summed E-state index contributed by atoms with van der Waals surface area (Å²) < 4.78 is 0. The second-order valence-electron chi connectivity index (χ2n) is 3.53. The van der Waals surface area contributed by atoms with Gasteiger partial charge in [-0.25, -0.2) is 9.59 Å². The van der Waals surface area contributed by atoms with Gasteiger partial charge in [0, 0.05) is 6.54 Å². The van der Waals surface area contributed by atoms with Crippen molar-refractivity contribution in [1.82, 2.24) is 10.6 Å². The maximum atomic E-state index is 11.2. The van der Waals surface area contributed by atoms with Crippen molar-refractivity contribution < 1.29 is 19.8 Å². The lowest BCUT2D eigenvalue weighted by atomic mass is 10.2. The van der Waals surface area contributed by atoms with E-state index in [-0.39, 0.29) is 0 Å². The zero-order valence-electron chi connectivity index (χ0n) is 9.53. The summed E-state index contributed by atoms with van der Waals surface area (Å²) in [6.45, 7) is 2.00. The van der Waals surface area contributed by atoms with E-state index < -0.39 is 24.6 Å². The normalized spacial score (nSPS) is 11.9. The summed E-state index contributed by atoms with van der Waals surface area (Å²) in [4.78, 5) is 21.6. The van der Waals surface area contributed by atoms with Crippen LogP contribution in [0.4, 0.5) is 4.79 Å². The number of nitrogens with one attached hydrogen (secondary N) is 2. The Kier molecular flexibility index (Phi) is 8.24. The van der Waals surface area contributed by atoms with Gasteiger partial charge in [0.1, 0.15) is 0 Å². The Morgan fingerprint density at radius 2 is 1.94 bits per heavy atom. The molecule has 4 N–H and O–H groups in total. The molecule has 0 saturated heterocycles. The zero-order valence-corrected chi connectivity index (χ0v) is 9.53. The largest absolute Gasteiger partial charge is 0.480 e. The summed E-state index contributed by atoms with van der Waals surface area (Å²) in [6.07, 6.45) is 4.16. The SMILES string of the molecule is CCCCCCNC(=O)NC(CO)C(=O)O. The van der Waals surface area contributed by atoms with Crippen LogP contribution in [0.25, 0.3) is 0 Å². The lowest BCUT2D eigenvalue weighted by Gasteiger charge is -2.12. The third-order valence-electron chi connectivity index (χ3n) is 2.10. The van der Waals surface area contributed by atoms with Crippen molar-refractivity contribution in [3.63, 3.8) is 0 Å². The predicted octanol–water partition coefficient (Wildman–Crippen LogP) is 0.311. The molecule has 0 aromatic carbocycles. The molecular formula is C10H20N2O4. The lowest BCUT2D eigenvalue weighted by Crippen LogP contribution is -2.48. The minimum absolute atomic E-state index is 0.517. The molecule has 0 spiro atoms. The molecule has 94 valence electrons. The molecule has 0 rings (SSSR count). The number of urea groups is 1. The van der Waals surface area contributed by atoms with Crippen LogP contribution in [-0.2, 0) is 4.79 Å². The van der Waals surface area contributed by atoms with E-state index >= 15 is 0 Å². The molecule has 0 radical (unpaired) electrons. The van der Waals surface area contributed by atoms with Gasteiger partial charge < -0.3 is 20.8 Å². The molecule has 0 fully saturated rings. The fourth-order valence-electron chi connectivity index (χ4n) is 1.15. The molecule has 0 aromatic heterocycles. The van der Waals surface area contributed by atoms with E-state index in [4.69, 9.17) is 10.2 Å². The quantitative estimate of drug-likeness (QED) is 0.453. The number of hydrogen-bond acceptors (Lipinski definition) is 3. The Morgan fingerprint density at radius 1 is 1.25 bits per heavy atom. The van der Waals surface area contributed by atoms with Gasteiger partial charge in [-0.1, -0.05) is 26.2 Å². The molecule has 0 aliphatic heterocycles. The summed E-state index contributed by atoms with van der Waals surface area (Å²) >= 11 is 0. The first-order valence-electron chi connectivity index (χ1n) is 5.49. The molecule has 1 atom stereocenters. The molecule has 0 bridgehead atoms. The number of amides is 2. The first kappa shape index (κ1) is 14.7. The fraction of sp³-hybridized carbons (Fsp3) is 0.800. The minimum Gasteiger partial charge on any atom is -0.480 e. The Morgan fingerprint density at radius 3 is 2.44 bits per heavy atom. The third-order valence-corrected chi connectivity index (χ3v) is 2.10. The number of aliphatic hydroxyl groups excluding tert-OH is 1. The molecule has 0 aliphatic carbocycles. The summed E-state index contributed by atoms with van der Waals surface area (Å²) in [6, 6.07) is -1.80. The zero-order chi connectivity index (χ0) is 12.4. The molecule has 16 heavy (non-hydrogen) atoms. The van der Waals surface area contributed by atoms with Crippen molar-refractivity contribution in [1.29, 1.82) is 0 Å². The van der Waals surface area contributed by atoms with Gasteiger partial charge in [0.25, 0.3) is 0 Å². The Labute approximate surface area is 95.0 Å². The van der Waals surface area contributed by atoms with E-state index in [0.29, 0.717) is 6.54 Å². The van der Waals surface area contributed by atoms with Gasteiger partial charge in [0.05, 0.1) is 6.61 Å². The second-order valence-corrected chi connectivity index (χ2v) is 3.53. The van der Waals surface area contributed by atoms with E-state index in [1.54, 1.807) is 0 Å². The van der Waals surface area contributed by atoms with E-state index in [2.05, 4.69) is 17.6 Å². The number of carboxylic acid groups (broad SMARTS) is 1. The third kappa shape index (κ3) is 7.05. The lowest BCUT2D eigenvalue weighted by molar-refractivity contribution is -0.140. The Balaban J connectivity index is 3.61. The summed E-state index contributed by atoms with van der Waals surface area (Å²) in [5.41, 5.74) is 0. The number of rotatable bonds is 8. The standard InChI is InChI=1S/C10H20N2O4/c1-2-3-4-5-6-11-10(16)12-8(7-13)9(14)15/h8,13H,2-7H2,1H3,(H,14,15)(H2,11,12,16). The maximum Gasteiger partial charge on any atom is 0.328 e. The predicted molar refractivity (Wildman–Crippen MR) is 59.2 cm³/mol. The van der Waals surface area contributed by atoms with Gasteiger partial charge in [-0.15, -0.1) is 0 Å². The fourth-order valence-corrected chi connectivity index (χ4v) is 1.15. The van der Waals surface area contributed by atoms with Crippen LogP contribution in [0.5, 0.6) is 0 Å². The number of aliphatic hydroxyl groups is 1. The second kappa shape index (κ2) is 8.96. The highest BCUT2D eigenvalue weighted by atomic mass is 16.4. The Hall–Kier alpha value is -1.30. The van der Waals surface area contributed by atoms with Crippen LogP contribution in [0.2, 0.25) is 0 Å². The van der Waals surface area contributed by atoms with Crippen molar-refractivity contribution in [2.24, 2.45) is 0 Å². The summed E-state index contributed by atoms with van der Waals surface area (Å²) in [5, 5.41) is 21.9. The average molecular weight is 232 g/mol.